The fourth-order valence-corrected chi connectivity index (χ4v) is 4.46. The van der Waals surface area contributed by atoms with Crippen LogP contribution < -0.4 is 4.90 Å². The number of nitrogens with zero attached hydrogens (tertiary/aromatic N) is 1. The van der Waals surface area contributed by atoms with Gasteiger partial charge in [0.2, 0.25) is 0 Å². The monoisotopic (exact) mass is 463 g/mol. The predicted octanol–water partition coefficient (Wildman–Crippen LogP) is 9.83. The summed E-state index contributed by atoms with van der Waals surface area (Å²) in [5.74, 6) is 0. The molecule has 0 saturated carbocycles. The molecule has 0 aliphatic carbocycles. The van der Waals surface area contributed by atoms with E-state index in [0.29, 0.717) is 0 Å². The Morgan fingerprint density at radius 2 is 0.972 bits per heavy atom. The van der Waals surface area contributed by atoms with Crippen LogP contribution in [0.3, 0.4) is 0 Å². The highest BCUT2D eigenvalue weighted by atomic mass is 15.1. The zero-order valence-electron chi connectivity index (χ0n) is 20.6. The van der Waals surface area contributed by atoms with Crippen molar-refractivity contribution in [2.24, 2.45) is 0 Å². The Morgan fingerprint density at radius 1 is 0.528 bits per heavy atom. The highest BCUT2D eigenvalue weighted by molar-refractivity contribution is 5.82. The molecule has 5 rings (SSSR count). The Labute approximate surface area is 214 Å². The maximum absolute atomic E-state index is 4.33. The lowest BCUT2D eigenvalue weighted by Gasteiger charge is -2.27. The maximum Gasteiger partial charge on any atom is 0.0473 e. The van der Waals surface area contributed by atoms with Crippen LogP contribution in [0, 0.1) is 6.92 Å². The second-order valence-electron chi connectivity index (χ2n) is 8.94. The number of hydrogen-bond donors (Lipinski definition) is 0. The van der Waals surface area contributed by atoms with Crippen molar-refractivity contribution in [3.05, 3.63) is 158 Å². The first-order chi connectivity index (χ1) is 17.6. The van der Waals surface area contributed by atoms with E-state index in [0.717, 1.165) is 28.2 Å². The molecule has 0 amide bonds. The molecule has 1 heteroatoms. The van der Waals surface area contributed by atoms with Crippen molar-refractivity contribution in [2.45, 2.75) is 6.92 Å². The third kappa shape index (κ3) is 4.92. The highest BCUT2D eigenvalue weighted by Gasteiger charge is 2.15. The molecule has 0 saturated heterocycles. The minimum atomic E-state index is 0.822. The summed E-state index contributed by atoms with van der Waals surface area (Å²) in [6.07, 6.45) is 1.81. The van der Waals surface area contributed by atoms with Gasteiger partial charge in [-0.25, -0.2) is 0 Å². The fraction of sp³-hybridized carbons (Fsp3) is 0.0286. The maximum atomic E-state index is 4.33. The van der Waals surface area contributed by atoms with E-state index < -0.39 is 0 Å². The van der Waals surface area contributed by atoms with E-state index in [4.69, 9.17) is 0 Å². The van der Waals surface area contributed by atoms with E-state index in [1.165, 1.54) is 27.8 Å². The molecule has 1 nitrogen and oxygen atoms in total. The first-order valence-electron chi connectivity index (χ1n) is 12.2. The molecule has 0 heterocycles. The van der Waals surface area contributed by atoms with Crippen molar-refractivity contribution in [3.8, 4) is 33.4 Å². The topological polar surface area (TPSA) is 3.24 Å². The van der Waals surface area contributed by atoms with Crippen LogP contribution in [0.15, 0.2) is 152 Å². The average molecular weight is 464 g/mol. The zero-order chi connectivity index (χ0) is 24.9. The van der Waals surface area contributed by atoms with Gasteiger partial charge >= 0.3 is 0 Å². The summed E-state index contributed by atoms with van der Waals surface area (Å²) in [5.41, 5.74) is 11.2. The number of anilines is 2. The summed E-state index contributed by atoms with van der Waals surface area (Å²) < 4.78 is 0. The largest absolute Gasteiger partial charge is 0.311 e. The van der Waals surface area contributed by atoms with Gasteiger partial charge in [-0.3, -0.25) is 0 Å². The summed E-state index contributed by atoms with van der Waals surface area (Å²) in [6, 6.07) is 45.0. The Bertz CT molecular complexity index is 1420. The molecule has 36 heavy (non-hydrogen) atoms. The number of benzene rings is 5. The van der Waals surface area contributed by atoms with E-state index in [9.17, 15) is 0 Å². The second-order valence-corrected chi connectivity index (χ2v) is 8.94. The van der Waals surface area contributed by atoms with Gasteiger partial charge in [0.25, 0.3) is 0 Å². The number of hydrogen-bond acceptors (Lipinski definition) is 1. The fourth-order valence-electron chi connectivity index (χ4n) is 4.46. The summed E-state index contributed by atoms with van der Waals surface area (Å²) in [6.45, 7) is 10.5. The molecular formula is C35H29N. The molecule has 0 aromatic heterocycles. The average Bonchev–Trinajstić information content (AvgIpc) is 2.95. The first kappa shape index (κ1) is 23.1. The van der Waals surface area contributed by atoms with Gasteiger partial charge in [0.05, 0.1) is 0 Å². The summed E-state index contributed by atoms with van der Waals surface area (Å²) in [5, 5.41) is 0. The lowest BCUT2D eigenvalue weighted by Crippen LogP contribution is -2.14. The zero-order valence-corrected chi connectivity index (χ0v) is 20.6. The van der Waals surface area contributed by atoms with Gasteiger partial charge in [0, 0.05) is 17.1 Å². The molecule has 5 aromatic rings. The van der Waals surface area contributed by atoms with Gasteiger partial charge in [-0.15, -0.1) is 0 Å². The summed E-state index contributed by atoms with van der Waals surface area (Å²) in [4.78, 5) is 2.17. The van der Waals surface area contributed by atoms with E-state index in [-0.39, 0.29) is 0 Å². The number of aryl methyl sites for hydroxylation is 1. The molecule has 0 bridgehead atoms. The van der Waals surface area contributed by atoms with Crippen LogP contribution in [0.4, 0.5) is 11.4 Å². The standard InChI is InChI=1S/C35H29N/c1-4-27(3)36(34-21-19-31(20-22-34)30-17-15-26(2)16-18-30)35-24-32(28-11-7-5-8-12-28)23-33(25-35)29-13-9-6-10-14-29/h4-25H,1,3H2,2H3. The third-order valence-electron chi connectivity index (χ3n) is 6.42. The lowest BCUT2D eigenvalue weighted by atomic mass is 9.97. The van der Waals surface area contributed by atoms with E-state index in [1.54, 1.807) is 0 Å². The Balaban J connectivity index is 1.62. The van der Waals surface area contributed by atoms with Gasteiger partial charge in [-0.1, -0.05) is 116 Å². The minimum Gasteiger partial charge on any atom is -0.311 e. The highest BCUT2D eigenvalue weighted by Crippen LogP contribution is 2.37. The molecule has 0 spiro atoms. The third-order valence-corrected chi connectivity index (χ3v) is 6.42. The minimum absolute atomic E-state index is 0.822. The van der Waals surface area contributed by atoms with Crippen LogP contribution in [-0.4, -0.2) is 0 Å². The van der Waals surface area contributed by atoms with Crippen molar-refractivity contribution >= 4 is 11.4 Å². The van der Waals surface area contributed by atoms with E-state index in [2.05, 4.69) is 140 Å². The van der Waals surface area contributed by atoms with Crippen molar-refractivity contribution < 1.29 is 0 Å². The molecule has 0 aliphatic heterocycles. The quantitative estimate of drug-likeness (QED) is 0.217. The summed E-state index contributed by atoms with van der Waals surface area (Å²) in [7, 11) is 0. The number of allylic oxidation sites excluding steroid dienone is 1. The van der Waals surface area contributed by atoms with Gasteiger partial charge in [0.1, 0.15) is 0 Å². The molecule has 0 radical (unpaired) electrons. The second kappa shape index (κ2) is 10.3. The molecule has 0 fully saturated rings. The van der Waals surface area contributed by atoms with Crippen LogP contribution in [0.5, 0.6) is 0 Å². The van der Waals surface area contributed by atoms with Gasteiger partial charge in [-0.2, -0.15) is 0 Å². The van der Waals surface area contributed by atoms with E-state index >= 15 is 0 Å². The van der Waals surface area contributed by atoms with Gasteiger partial charge < -0.3 is 4.90 Å². The van der Waals surface area contributed by atoms with Crippen molar-refractivity contribution in [2.75, 3.05) is 4.90 Å². The molecular weight excluding hydrogens is 434 g/mol. The van der Waals surface area contributed by atoms with Crippen molar-refractivity contribution in [3.63, 3.8) is 0 Å². The lowest BCUT2D eigenvalue weighted by molar-refractivity contribution is 1.22. The van der Waals surface area contributed by atoms with Gasteiger partial charge in [0.15, 0.2) is 0 Å². The molecule has 0 unspecified atom stereocenters. The Morgan fingerprint density at radius 3 is 1.44 bits per heavy atom. The van der Waals surface area contributed by atoms with Crippen molar-refractivity contribution in [1.82, 2.24) is 0 Å². The predicted molar refractivity (Wildman–Crippen MR) is 155 cm³/mol. The Kier molecular flexibility index (Phi) is 6.64. The Hall–Kier alpha value is -4.62. The number of rotatable bonds is 7. The molecule has 0 aliphatic rings. The van der Waals surface area contributed by atoms with Crippen LogP contribution in [0.1, 0.15) is 5.56 Å². The SMILES string of the molecule is C=CC(=C)N(c1ccc(-c2ccc(C)cc2)cc1)c1cc(-c2ccccc2)cc(-c2ccccc2)c1. The van der Waals surface area contributed by atoms with Crippen molar-refractivity contribution in [1.29, 1.82) is 0 Å². The molecule has 5 aromatic carbocycles. The van der Waals surface area contributed by atoms with Crippen LogP contribution in [0.25, 0.3) is 33.4 Å². The normalized spacial score (nSPS) is 10.6. The van der Waals surface area contributed by atoms with Crippen LogP contribution in [-0.2, 0) is 0 Å². The van der Waals surface area contributed by atoms with Gasteiger partial charge in [-0.05, 0) is 76.7 Å². The molecule has 0 N–H and O–H groups in total. The van der Waals surface area contributed by atoms with E-state index in [1.807, 2.05) is 18.2 Å². The van der Waals surface area contributed by atoms with Crippen LogP contribution >= 0.6 is 0 Å². The molecule has 0 atom stereocenters. The molecule has 174 valence electrons. The summed E-state index contributed by atoms with van der Waals surface area (Å²) >= 11 is 0. The van der Waals surface area contributed by atoms with Crippen LogP contribution in [0.2, 0.25) is 0 Å². The first-order valence-corrected chi connectivity index (χ1v) is 12.2. The smallest absolute Gasteiger partial charge is 0.0473 e.